The standard InChI is InChI=1S/C21H12BrClN2O3/c22-14-9-15(25-21(28)10-4-3-5-11(23)8-10)16-17(18(14)24)20(27)13-7-2-1-6-12(13)19(16)26/h1-9H,24H2,(H,25,28). The third kappa shape index (κ3) is 2.91. The van der Waals surface area contributed by atoms with Gasteiger partial charge in [0.15, 0.2) is 11.6 Å². The fourth-order valence-electron chi connectivity index (χ4n) is 3.21. The molecule has 0 saturated carbocycles. The summed E-state index contributed by atoms with van der Waals surface area (Å²) in [6, 6.07) is 14.5. The molecular weight excluding hydrogens is 444 g/mol. The highest BCUT2D eigenvalue weighted by atomic mass is 79.9. The summed E-state index contributed by atoms with van der Waals surface area (Å²) in [4.78, 5) is 38.8. The monoisotopic (exact) mass is 454 g/mol. The minimum absolute atomic E-state index is 0.0828. The van der Waals surface area contributed by atoms with Gasteiger partial charge in [0.2, 0.25) is 0 Å². The Morgan fingerprint density at radius 2 is 1.57 bits per heavy atom. The summed E-state index contributed by atoms with van der Waals surface area (Å²) in [5.74, 6) is -1.19. The molecule has 0 fully saturated rings. The Morgan fingerprint density at radius 3 is 2.21 bits per heavy atom. The molecule has 1 aliphatic carbocycles. The minimum Gasteiger partial charge on any atom is -0.397 e. The molecule has 0 aliphatic heterocycles. The normalized spacial score (nSPS) is 12.4. The van der Waals surface area contributed by atoms with Gasteiger partial charge in [0.05, 0.1) is 22.5 Å². The molecule has 1 amide bonds. The molecule has 4 rings (SSSR count). The van der Waals surface area contributed by atoms with Crippen molar-refractivity contribution in [2.75, 3.05) is 11.1 Å². The van der Waals surface area contributed by atoms with Crippen molar-refractivity contribution >= 4 is 56.4 Å². The summed E-state index contributed by atoms with van der Waals surface area (Å²) in [6.07, 6.45) is 0. The third-order valence-electron chi connectivity index (χ3n) is 4.52. The molecule has 0 bridgehead atoms. The van der Waals surface area contributed by atoms with Gasteiger partial charge >= 0.3 is 0 Å². The SMILES string of the molecule is Nc1c(Br)cc(NC(=O)c2cccc(Cl)c2)c2c1C(=O)c1ccccc1C2=O. The van der Waals surface area contributed by atoms with E-state index in [0.29, 0.717) is 15.1 Å². The molecule has 5 nitrogen and oxygen atoms in total. The van der Waals surface area contributed by atoms with E-state index in [4.69, 9.17) is 17.3 Å². The molecule has 3 aromatic carbocycles. The van der Waals surface area contributed by atoms with Gasteiger partial charge in [-0.3, -0.25) is 14.4 Å². The average molecular weight is 456 g/mol. The topological polar surface area (TPSA) is 89.3 Å². The van der Waals surface area contributed by atoms with Gasteiger partial charge in [0.25, 0.3) is 5.91 Å². The smallest absolute Gasteiger partial charge is 0.255 e. The molecule has 0 spiro atoms. The van der Waals surface area contributed by atoms with Crippen LogP contribution in [0.2, 0.25) is 5.02 Å². The van der Waals surface area contributed by atoms with Crippen LogP contribution in [-0.4, -0.2) is 17.5 Å². The number of halogens is 2. The van der Waals surface area contributed by atoms with Crippen LogP contribution in [0.3, 0.4) is 0 Å². The summed E-state index contributed by atoms with van der Waals surface area (Å²) >= 11 is 9.26. The second kappa shape index (κ2) is 6.89. The number of rotatable bonds is 2. The lowest BCUT2D eigenvalue weighted by atomic mass is 9.82. The molecule has 0 aromatic heterocycles. The van der Waals surface area contributed by atoms with E-state index in [0.717, 1.165) is 0 Å². The second-order valence-electron chi connectivity index (χ2n) is 6.24. The third-order valence-corrected chi connectivity index (χ3v) is 5.41. The van der Waals surface area contributed by atoms with Crippen molar-refractivity contribution in [3.8, 4) is 0 Å². The molecule has 0 unspecified atom stereocenters. The van der Waals surface area contributed by atoms with Crippen LogP contribution in [0, 0.1) is 0 Å². The highest BCUT2D eigenvalue weighted by molar-refractivity contribution is 9.10. The second-order valence-corrected chi connectivity index (χ2v) is 7.53. The van der Waals surface area contributed by atoms with Crippen LogP contribution in [0.4, 0.5) is 11.4 Å². The molecule has 0 heterocycles. The molecule has 0 radical (unpaired) electrons. The van der Waals surface area contributed by atoms with Crippen LogP contribution in [0.1, 0.15) is 42.2 Å². The van der Waals surface area contributed by atoms with Gasteiger partial charge in [-0.15, -0.1) is 0 Å². The van der Waals surface area contributed by atoms with Crippen LogP contribution in [0.25, 0.3) is 0 Å². The maximum atomic E-state index is 13.1. The summed E-state index contributed by atoms with van der Waals surface area (Å²) in [6.45, 7) is 0. The zero-order valence-corrected chi connectivity index (χ0v) is 16.6. The van der Waals surface area contributed by atoms with E-state index in [1.165, 1.54) is 12.1 Å². The van der Waals surface area contributed by atoms with E-state index in [-0.39, 0.29) is 45.2 Å². The maximum absolute atomic E-state index is 13.1. The van der Waals surface area contributed by atoms with Crippen LogP contribution in [0.5, 0.6) is 0 Å². The van der Waals surface area contributed by atoms with E-state index >= 15 is 0 Å². The van der Waals surface area contributed by atoms with E-state index < -0.39 is 5.91 Å². The Morgan fingerprint density at radius 1 is 0.929 bits per heavy atom. The van der Waals surface area contributed by atoms with Gasteiger partial charge in [-0.1, -0.05) is 41.9 Å². The largest absolute Gasteiger partial charge is 0.397 e. The zero-order valence-electron chi connectivity index (χ0n) is 14.3. The maximum Gasteiger partial charge on any atom is 0.255 e. The molecule has 1 aliphatic rings. The fraction of sp³-hybridized carbons (Fsp3) is 0. The molecule has 3 N–H and O–H groups in total. The number of hydrogen-bond acceptors (Lipinski definition) is 4. The molecule has 28 heavy (non-hydrogen) atoms. The van der Waals surface area contributed by atoms with E-state index in [1.54, 1.807) is 42.5 Å². The lowest BCUT2D eigenvalue weighted by Gasteiger charge is -2.22. The number of nitrogens with two attached hydrogens (primary N) is 1. The number of nitrogen functional groups attached to an aromatic ring is 1. The summed E-state index contributed by atoms with van der Waals surface area (Å²) in [7, 11) is 0. The van der Waals surface area contributed by atoms with Gasteiger partial charge in [-0.25, -0.2) is 0 Å². The van der Waals surface area contributed by atoms with E-state index in [9.17, 15) is 14.4 Å². The number of nitrogens with one attached hydrogen (secondary N) is 1. The van der Waals surface area contributed by atoms with Gasteiger partial charge < -0.3 is 11.1 Å². The lowest BCUT2D eigenvalue weighted by Crippen LogP contribution is -2.25. The van der Waals surface area contributed by atoms with Crippen molar-refractivity contribution in [3.05, 3.63) is 91.9 Å². The van der Waals surface area contributed by atoms with Crippen molar-refractivity contribution in [2.45, 2.75) is 0 Å². The molecule has 0 saturated heterocycles. The number of anilines is 2. The number of carbonyl (C=O) groups excluding carboxylic acids is 3. The molecule has 7 heteroatoms. The number of carbonyl (C=O) groups is 3. The number of ketones is 2. The first-order valence-electron chi connectivity index (χ1n) is 8.26. The van der Waals surface area contributed by atoms with Gasteiger partial charge in [0.1, 0.15) is 0 Å². The predicted octanol–water partition coefficient (Wildman–Crippen LogP) is 4.71. The highest BCUT2D eigenvalue weighted by Gasteiger charge is 2.34. The van der Waals surface area contributed by atoms with E-state index in [2.05, 4.69) is 21.2 Å². The van der Waals surface area contributed by atoms with Crippen molar-refractivity contribution in [1.29, 1.82) is 0 Å². The summed E-state index contributed by atoms with van der Waals surface area (Å²) in [5, 5.41) is 3.12. The van der Waals surface area contributed by atoms with Crippen molar-refractivity contribution in [2.24, 2.45) is 0 Å². The van der Waals surface area contributed by atoms with Crippen LogP contribution in [0.15, 0.2) is 59.1 Å². The Hall–Kier alpha value is -2.96. The first kappa shape index (κ1) is 18.4. The Kier molecular flexibility index (Phi) is 4.53. The Balaban J connectivity index is 1.87. The lowest BCUT2D eigenvalue weighted by molar-refractivity contribution is 0.0979. The van der Waals surface area contributed by atoms with Gasteiger partial charge in [0, 0.05) is 26.2 Å². The molecule has 138 valence electrons. The fourth-order valence-corrected chi connectivity index (χ4v) is 3.83. The van der Waals surface area contributed by atoms with Crippen LogP contribution in [-0.2, 0) is 0 Å². The highest BCUT2D eigenvalue weighted by Crippen LogP contribution is 2.39. The summed E-state index contributed by atoms with van der Waals surface area (Å²) in [5.41, 5.74) is 7.51. The first-order chi connectivity index (χ1) is 13.4. The van der Waals surface area contributed by atoms with Gasteiger partial charge in [-0.05, 0) is 40.2 Å². The number of amides is 1. The first-order valence-corrected chi connectivity index (χ1v) is 9.43. The molecule has 3 aromatic rings. The van der Waals surface area contributed by atoms with Crippen molar-refractivity contribution < 1.29 is 14.4 Å². The zero-order chi connectivity index (χ0) is 20.0. The molecule has 0 atom stereocenters. The number of hydrogen-bond donors (Lipinski definition) is 2. The van der Waals surface area contributed by atoms with E-state index in [1.807, 2.05) is 0 Å². The Bertz CT molecular complexity index is 1190. The van der Waals surface area contributed by atoms with Crippen molar-refractivity contribution in [1.82, 2.24) is 0 Å². The predicted molar refractivity (Wildman–Crippen MR) is 111 cm³/mol. The Labute approximate surface area is 173 Å². The number of fused-ring (bicyclic) bond motifs is 2. The van der Waals surface area contributed by atoms with Crippen LogP contribution < -0.4 is 11.1 Å². The minimum atomic E-state index is -0.458. The van der Waals surface area contributed by atoms with Crippen molar-refractivity contribution in [3.63, 3.8) is 0 Å². The average Bonchev–Trinajstić information content (AvgIpc) is 2.68. The quantitative estimate of drug-likeness (QED) is 0.428. The summed E-state index contributed by atoms with van der Waals surface area (Å²) < 4.78 is 0.410. The number of benzene rings is 3. The van der Waals surface area contributed by atoms with Crippen LogP contribution >= 0.6 is 27.5 Å². The molecular formula is C21H12BrClN2O3. The van der Waals surface area contributed by atoms with Gasteiger partial charge in [-0.2, -0.15) is 0 Å².